The van der Waals surface area contributed by atoms with Crippen molar-refractivity contribution < 1.29 is 9.53 Å². The van der Waals surface area contributed by atoms with Crippen LogP contribution in [-0.2, 0) is 11.3 Å². The van der Waals surface area contributed by atoms with Crippen LogP contribution in [0.25, 0.3) is 0 Å². The van der Waals surface area contributed by atoms with Gasteiger partial charge in [0.15, 0.2) is 5.96 Å². The summed E-state index contributed by atoms with van der Waals surface area (Å²) in [5, 5.41) is 9.40. The highest BCUT2D eigenvalue weighted by molar-refractivity contribution is 5.94. The molecule has 6 heteroatoms. The summed E-state index contributed by atoms with van der Waals surface area (Å²) in [6.45, 7) is 0.617. The van der Waals surface area contributed by atoms with E-state index < -0.39 is 0 Å². The first-order valence-electron chi connectivity index (χ1n) is 8.13. The first kappa shape index (κ1) is 15.8. The second-order valence-electron chi connectivity index (χ2n) is 6.07. The van der Waals surface area contributed by atoms with Crippen molar-refractivity contribution in [2.75, 3.05) is 14.1 Å². The first-order valence-corrected chi connectivity index (χ1v) is 8.13. The van der Waals surface area contributed by atoms with Gasteiger partial charge in [0.05, 0.1) is 18.2 Å². The zero-order valence-electron chi connectivity index (χ0n) is 13.6. The molecule has 124 valence electrons. The number of benzene rings is 1. The Morgan fingerprint density at radius 1 is 1.39 bits per heavy atom. The Hall–Kier alpha value is -2.08. The molecule has 0 aliphatic carbocycles. The fourth-order valence-electron chi connectivity index (χ4n) is 3.31. The van der Waals surface area contributed by atoms with Crippen molar-refractivity contribution in [3.63, 3.8) is 0 Å². The number of amides is 1. The minimum Gasteiger partial charge on any atom is -0.373 e. The van der Waals surface area contributed by atoms with Gasteiger partial charge in [0, 0.05) is 26.2 Å². The van der Waals surface area contributed by atoms with E-state index in [9.17, 15) is 4.79 Å². The molecule has 2 bridgehead atoms. The summed E-state index contributed by atoms with van der Waals surface area (Å²) in [6.07, 6.45) is 4.10. The lowest BCUT2D eigenvalue weighted by Gasteiger charge is -2.22. The van der Waals surface area contributed by atoms with Crippen molar-refractivity contribution in [1.82, 2.24) is 16.0 Å². The molecule has 23 heavy (non-hydrogen) atoms. The number of ether oxygens (including phenoxy) is 1. The van der Waals surface area contributed by atoms with Crippen LogP contribution < -0.4 is 16.0 Å². The number of carbonyl (C=O) groups excluding carboxylic acids is 1. The molecule has 2 aliphatic heterocycles. The average molecular weight is 316 g/mol. The fourth-order valence-corrected chi connectivity index (χ4v) is 3.31. The number of aliphatic imine (C=N–C) groups is 1. The van der Waals surface area contributed by atoms with Gasteiger partial charge in [0.2, 0.25) is 0 Å². The molecule has 6 nitrogen and oxygen atoms in total. The van der Waals surface area contributed by atoms with E-state index in [4.69, 9.17) is 4.74 Å². The van der Waals surface area contributed by atoms with Crippen molar-refractivity contribution in [2.24, 2.45) is 4.99 Å². The van der Waals surface area contributed by atoms with E-state index in [-0.39, 0.29) is 5.91 Å². The van der Waals surface area contributed by atoms with Gasteiger partial charge >= 0.3 is 0 Å². The van der Waals surface area contributed by atoms with E-state index in [0.717, 1.165) is 24.4 Å². The first-order chi connectivity index (χ1) is 11.2. The molecule has 1 amide bonds. The Balaban J connectivity index is 1.55. The lowest BCUT2D eigenvalue weighted by atomic mass is 9.96. The number of rotatable bonds is 4. The summed E-state index contributed by atoms with van der Waals surface area (Å²) < 4.78 is 5.86. The summed E-state index contributed by atoms with van der Waals surface area (Å²) >= 11 is 0. The van der Waals surface area contributed by atoms with Crippen LogP contribution in [0.3, 0.4) is 0 Å². The topological polar surface area (TPSA) is 74.8 Å². The zero-order chi connectivity index (χ0) is 16.2. The summed E-state index contributed by atoms with van der Waals surface area (Å²) in [6, 6.07) is 7.92. The summed E-state index contributed by atoms with van der Waals surface area (Å²) in [5.41, 5.74) is 1.70. The molecule has 2 aliphatic rings. The number of nitrogens with zero attached hydrogens (tertiary/aromatic N) is 1. The quantitative estimate of drug-likeness (QED) is 0.573. The predicted octanol–water partition coefficient (Wildman–Crippen LogP) is 1.03. The Morgan fingerprint density at radius 2 is 2.26 bits per heavy atom. The van der Waals surface area contributed by atoms with E-state index in [1.807, 2.05) is 24.3 Å². The fraction of sp³-hybridized carbons (Fsp3) is 0.529. The van der Waals surface area contributed by atoms with Crippen LogP contribution in [0.2, 0.25) is 0 Å². The highest BCUT2D eigenvalue weighted by atomic mass is 16.5. The minimum atomic E-state index is -0.0755. The Labute approximate surface area is 136 Å². The van der Waals surface area contributed by atoms with E-state index in [1.54, 1.807) is 14.1 Å². The molecule has 2 fully saturated rings. The lowest BCUT2D eigenvalue weighted by Crippen LogP contribution is -2.47. The van der Waals surface area contributed by atoms with Crippen LogP contribution in [-0.4, -0.2) is 44.2 Å². The molecule has 1 aromatic rings. The van der Waals surface area contributed by atoms with Crippen LogP contribution in [0.5, 0.6) is 0 Å². The molecule has 0 saturated carbocycles. The summed E-state index contributed by atoms with van der Waals surface area (Å²) in [5.74, 6) is 0.699. The third kappa shape index (κ3) is 3.64. The second-order valence-corrected chi connectivity index (χ2v) is 6.07. The second kappa shape index (κ2) is 7.00. The molecule has 2 saturated heterocycles. The highest BCUT2D eigenvalue weighted by Gasteiger charge is 2.41. The molecule has 0 aromatic heterocycles. The highest BCUT2D eigenvalue weighted by Crippen LogP contribution is 2.34. The van der Waals surface area contributed by atoms with E-state index in [0.29, 0.717) is 30.4 Å². The van der Waals surface area contributed by atoms with Gasteiger partial charge in [0.1, 0.15) is 0 Å². The maximum atomic E-state index is 11.7. The van der Waals surface area contributed by atoms with E-state index in [1.165, 1.54) is 6.42 Å². The Morgan fingerprint density at radius 3 is 2.91 bits per heavy atom. The molecule has 3 rings (SSSR count). The normalized spacial score (nSPS) is 26.2. The third-order valence-corrected chi connectivity index (χ3v) is 4.53. The number of guanidine groups is 1. The van der Waals surface area contributed by atoms with Crippen molar-refractivity contribution >= 4 is 11.9 Å². The summed E-state index contributed by atoms with van der Waals surface area (Å²) in [7, 11) is 3.40. The smallest absolute Gasteiger partial charge is 0.251 e. The molecular weight excluding hydrogens is 292 g/mol. The van der Waals surface area contributed by atoms with Gasteiger partial charge < -0.3 is 20.7 Å². The maximum absolute atomic E-state index is 11.7. The number of hydrogen-bond donors (Lipinski definition) is 3. The van der Waals surface area contributed by atoms with Gasteiger partial charge in [-0.25, -0.2) is 0 Å². The van der Waals surface area contributed by atoms with Gasteiger partial charge in [-0.2, -0.15) is 0 Å². The third-order valence-electron chi connectivity index (χ3n) is 4.53. The molecule has 3 atom stereocenters. The SMILES string of the molecule is CN=C(NCc1cccc(C(=O)NC)c1)NC1CC2CCC1O2. The summed E-state index contributed by atoms with van der Waals surface area (Å²) in [4.78, 5) is 16.0. The number of hydrogen-bond acceptors (Lipinski definition) is 3. The minimum absolute atomic E-state index is 0.0755. The predicted molar refractivity (Wildman–Crippen MR) is 89.5 cm³/mol. The van der Waals surface area contributed by atoms with Gasteiger partial charge in [-0.15, -0.1) is 0 Å². The van der Waals surface area contributed by atoms with Crippen LogP contribution in [0, 0.1) is 0 Å². The van der Waals surface area contributed by atoms with Crippen molar-refractivity contribution in [1.29, 1.82) is 0 Å². The standard InChI is InChI=1S/C17H24N4O2/c1-18-16(22)12-5-3-4-11(8-12)10-20-17(19-2)21-14-9-13-6-7-15(14)23-13/h3-5,8,13-15H,6-7,9-10H2,1-2H3,(H,18,22)(H2,19,20,21). The largest absolute Gasteiger partial charge is 0.373 e. The molecule has 3 unspecified atom stereocenters. The van der Waals surface area contributed by atoms with Crippen molar-refractivity contribution in [3.8, 4) is 0 Å². The zero-order valence-corrected chi connectivity index (χ0v) is 13.6. The molecular formula is C17H24N4O2. The Kier molecular flexibility index (Phi) is 4.81. The number of fused-ring (bicyclic) bond motifs is 2. The number of carbonyl (C=O) groups is 1. The molecule has 0 spiro atoms. The molecule has 0 radical (unpaired) electrons. The van der Waals surface area contributed by atoms with Gasteiger partial charge in [-0.3, -0.25) is 9.79 Å². The number of nitrogens with one attached hydrogen (secondary N) is 3. The van der Waals surface area contributed by atoms with Gasteiger partial charge in [-0.1, -0.05) is 12.1 Å². The lowest BCUT2D eigenvalue weighted by molar-refractivity contribution is 0.0962. The average Bonchev–Trinajstić information content (AvgIpc) is 3.21. The van der Waals surface area contributed by atoms with Crippen molar-refractivity contribution in [3.05, 3.63) is 35.4 Å². The van der Waals surface area contributed by atoms with Gasteiger partial charge in [-0.05, 0) is 37.0 Å². The van der Waals surface area contributed by atoms with Crippen LogP contribution in [0.1, 0.15) is 35.2 Å². The molecule has 2 heterocycles. The van der Waals surface area contributed by atoms with E-state index in [2.05, 4.69) is 20.9 Å². The molecule has 3 N–H and O–H groups in total. The van der Waals surface area contributed by atoms with E-state index >= 15 is 0 Å². The maximum Gasteiger partial charge on any atom is 0.251 e. The van der Waals surface area contributed by atoms with Gasteiger partial charge in [0.25, 0.3) is 5.91 Å². The van der Waals surface area contributed by atoms with Crippen molar-refractivity contribution in [2.45, 2.75) is 44.1 Å². The van der Waals surface area contributed by atoms with Crippen LogP contribution in [0.15, 0.2) is 29.3 Å². The monoisotopic (exact) mass is 316 g/mol. The van der Waals surface area contributed by atoms with Crippen LogP contribution in [0.4, 0.5) is 0 Å². The van der Waals surface area contributed by atoms with Crippen LogP contribution >= 0.6 is 0 Å². The molecule has 1 aromatic carbocycles. The Bertz CT molecular complexity index is 602.